The third-order valence-corrected chi connectivity index (χ3v) is 4.08. The maximum atomic E-state index is 13.1. The number of rotatable bonds is 3. The Morgan fingerprint density at radius 3 is 3.05 bits per heavy atom. The number of aliphatic hydroxyl groups is 1. The highest BCUT2D eigenvalue weighted by Crippen LogP contribution is 2.25. The van der Waals surface area contributed by atoms with Crippen molar-refractivity contribution >= 4 is 21.8 Å². The summed E-state index contributed by atoms with van der Waals surface area (Å²) in [5.41, 5.74) is -0.856. The molecule has 1 saturated heterocycles. The lowest BCUT2D eigenvalue weighted by atomic mass is 9.96. The summed E-state index contributed by atoms with van der Waals surface area (Å²) in [6, 6.07) is 3.89. The standard InChI is InChI=1S/C13H15BrFNO3/c1-8-13(18,4-5-19-8)7-16-12(17)10-6-9(15)2-3-11(10)14/h2-3,6,8,18H,4-5,7H2,1H3,(H,16,17). The molecule has 2 rings (SSSR count). The lowest BCUT2D eigenvalue weighted by molar-refractivity contribution is -0.0251. The van der Waals surface area contributed by atoms with Crippen LogP contribution in [0.3, 0.4) is 0 Å². The first-order valence-electron chi connectivity index (χ1n) is 5.99. The Bertz CT molecular complexity index is 497. The number of carbonyl (C=O) groups excluding carboxylic acids is 1. The van der Waals surface area contributed by atoms with Gasteiger partial charge in [0.05, 0.1) is 11.7 Å². The maximum Gasteiger partial charge on any atom is 0.252 e. The van der Waals surface area contributed by atoms with E-state index in [9.17, 15) is 14.3 Å². The van der Waals surface area contributed by atoms with Crippen LogP contribution < -0.4 is 5.32 Å². The highest BCUT2D eigenvalue weighted by molar-refractivity contribution is 9.10. The highest BCUT2D eigenvalue weighted by Gasteiger charge is 2.39. The largest absolute Gasteiger partial charge is 0.385 e. The number of amides is 1. The first-order valence-corrected chi connectivity index (χ1v) is 6.79. The van der Waals surface area contributed by atoms with E-state index in [0.29, 0.717) is 17.5 Å². The van der Waals surface area contributed by atoms with Crippen molar-refractivity contribution in [1.82, 2.24) is 5.32 Å². The van der Waals surface area contributed by atoms with Crippen molar-refractivity contribution in [2.75, 3.05) is 13.2 Å². The first kappa shape index (κ1) is 14.4. The molecule has 0 aliphatic carbocycles. The molecule has 0 radical (unpaired) electrons. The van der Waals surface area contributed by atoms with Crippen LogP contribution in [-0.4, -0.2) is 35.9 Å². The summed E-state index contributed by atoms with van der Waals surface area (Å²) in [6.07, 6.45) is 0.141. The fraction of sp³-hybridized carbons (Fsp3) is 0.462. The second-order valence-electron chi connectivity index (χ2n) is 4.67. The van der Waals surface area contributed by atoms with Crippen LogP contribution in [0.15, 0.2) is 22.7 Å². The summed E-state index contributed by atoms with van der Waals surface area (Å²) < 4.78 is 18.9. The molecule has 6 heteroatoms. The zero-order chi connectivity index (χ0) is 14.0. The van der Waals surface area contributed by atoms with Gasteiger partial charge in [0.15, 0.2) is 0 Å². The molecule has 4 nitrogen and oxygen atoms in total. The van der Waals surface area contributed by atoms with Gasteiger partial charge in [-0.2, -0.15) is 0 Å². The van der Waals surface area contributed by atoms with E-state index >= 15 is 0 Å². The summed E-state index contributed by atoms with van der Waals surface area (Å²) in [5, 5.41) is 12.9. The molecule has 1 aromatic carbocycles. The summed E-state index contributed by atoms with van der Waals surface area (Å²) in [5.74, 6) is -0.913. The summed E-state index contributed by atoms with van der Waals surface area (Å²) >= 11 is 3.20. The Kier molecular flexibility index (Phi) is 4.23. The van der Waals surface area contributed by atoms with Crippen LogP contribution in [0.1, 0.15) is 23.7 Å². The topological polar surface area (TPSA) is 58.6 Å². The summed E-state index contributed by atoms with van der Waals surface area (Å²) in [7, 11) is 0. The van der Waals surface area contributed by atoms with Crippen LogP contribution in [0.5, 0.6) is 0 Å². The molecule has 0 aromatic heterocycles. The molecule has 0 bridgehead atoms. The zero-order valence-electron chi connectivity index (χ0n) is 10.5. The Morgan fingerprint density at radius 2 is 2.42 bits per heavy atom. The number of ether oxygens (including phenoxy) is 1. The molecule has 104 valence electrons. The molecule has 0 saturated carbocycles. The third-order valence-electron chi connectivity index (χ3n) is 3.39. The van der Waals surface area contributed by atoms with E-state index in [4.69, 9.17) is 4.74 Å². The summed E-state index contributed by atoms with van der Waals surface area (Å²) in [6.45, 7) is 2.31. The minimum atomic E-state index is -1.06. The number of carbonyl (C=O) groups is 1. The maximum absolute atomic E-state index is 13.1. The average molecular weight is 332 g/mol. The van der Waals surface area contributed by atoms with Gasteiger partial charge in [-0.05, 0) is 41.1 Å². The smallest absolute Gasteiger partial charge is 0.252 e. The van der Waals surface area contributed by atoms with Gasteiger partial charge >= 0.3 is 0 Å². The SMILES string of the molecule is CC1OCCC1(O)CNC(=O)c1cc(F)ccc1Br. The third kappa shape index (κ3) is 3.13. The molecule has 2 N–H and O–H groups in total. The van der Waals surface area contributed by atoms with Gasteiger partial charge in [-0.3, -0.25) is 4.79 Å². The van der Waals surface area contributed by atoms with E-state index in [1.807, 2.05) is 0 Å². The number of hydrogen-bond acceptors (Lipinski definition) is 3. The van der Waals surface area contributed by atoms with Crippen LogP contribution >= 0.6 is 15.9 Å². The Labute approximate surface area is 119 Å². The van der Waals surface area contributed by atoms with E-state index in [-0.39, 0.29) is 18.2 Å². The van der Waals surface area contributed by atoms with E-state index in [2.05, 4.69) is 21.2 Å². The van der Waals surface area contributed by atoms with Crippen LogP contribution in [0.25, 0.3) is 0 Å². The number of benzene rings is 1. The summed E-state index contributed by atoms with van der Waals surface area (Å²) in [4.78, 5) is 12.0. The predicted molar refractivity (Wildman–Crippen MR) is 71.4 cm³/mol. The Hall–Kier alpha value is -0.980. The van der Waals surface area contributed by atoms with Gasteiger partial charge in [0.2, 0.25) is 0 Å². The molecule has 1 aliphatic heterocycles. The Morgan fingerprint density at radius 1 is 1.68 bits per heavy atom. The molecule has 0 spiro atoms. The number of hydrogen-bond donors (Lipinski definition) is 2. The van der Waals surface area contributed by atoms with Crippen molar-refractivity contribution in [2.45, 2.75) is 25.0 Å². The van der Waals surface area contributed by atoms with Crippen LogP contribution in [0.4, 0.5) is 4.39 Å². The van der Waals surface area contributed by atoms with E-state index in [0.717, 1.165) is 6.07 Å². The van der Waals surface area contributed by atoms with Gasteiger partial charge in [-0.1, -0.05) is 0 Å². The molecule has 2 atom stereocenters. The molecular formula is C13H15BrFNO3. The average Bonchev–Trinajstić information content (AvgIpc) is 2.70. The van der Waals surface area contributed by atoms with Crippen molar-refractivity contribution < 1.29 is 19.0 Å². The van der Waals surface area contributed by atoms with Crippen LogP contribution in [0, 0.1) is 5.82 Å². The molecule has 19 heavy (non-hydrogen) atoms. The minimum absolute atomic E-state index is 0.0793. The van der Waals surface area contributed by atoms with E-state index in [1.165, 1.54) is 12.1 Å². The van der Waals surface area contributed by atoms with E-state index in [1.54, 1.807) is 6.92 Å². The molecule has 1 aliphatic rings. The normalized spacial score (nSPS) is 26.4. The Balaban J connectivity index is 2.03. The van der Waals surface area contributed by atoms with Crippen molar-refractivity contribution in [1.29, 1.82) is 0 Å². The lowest BCUT2D eigenvalue weighted by Crippen LogP contribution is -2.47. The fourth-order valence-corrected chi connectivity index (χ4v) is 2.43. The molecule has 1 heterocycles. The molecule has 2 unspecified atom stereocenters. The van der Waals surface area contributed by atoms with Gasteiger partial charge in [0, 0.05) is 24.0 Å². The van der Waals surface area contributed by atoms with E-state index < -0.39 is 17.3 Å². The quantitative estimate of drug-likeness (QED) is 0.888. The lowest BCUT2D eigenvalue weighted by Gasteiger charge is -2.26. The zero-order valence-corrected chi connectivity index (χ0v) is 12.0. The second kappa shape index (κ2) is 5.56. The van der Waals surface area contributed by atoms with Crippen molar-refractivity contribution in [3.63, 3.8) is 0 Å². The van der Waals surface area contributed by atoms with Gasteiger partial charge in [0.25, 0.3) is 5.91 Å². The van der Waals surface area contributed by atoms with Crippen molar-refractivity contribution in [2.24, 2.45) is 0 Å². The van der Waals surface area contributed by atoms with Gasteiger partial charge in [0.1, 0.15) is 11.4 Å². The monoisotopic (exact) mass is 331 g/mol. The number of halogens is 2. The second-order valence-corrected chi connectivity index (χ2v) is 5.53. The predicted octanol–water partition coefficient (Wildman–Crippen LogP) is 1.86. The molecule has 1 fully saturated rings. The van der Waals surface area contributed by atoms with Gasteiger partial charge < -0.3 is 15.2 Å². The molecular weight excluding hydrogens is 317 g/mol. The van der Waals surface area contributed by atoms with Gasteiger partial charge in [-0.25, -0.2) is 4.39 Å². The minimum Gasteiger partial charge on any atom is -0.385 e. The molecule has 1 aromatic rings. The van der Waals surface area contributed by atoms with Crippen LogP contribution in [0.2, 0.25) is 0 Å². The van der Waals surface area contributed by atoms with Crippen molar-refractivity contribution in [3.8, 4) is 0 Å². The van der Waals surface area contributed by atoms with Crippen molar-refractivity contribution in [3.05, 3.63) is 34.1 Å². The van der Waals surface area contributed by atoms with Crippen LogP contribution in [-0.2, 0) is 4.74 Å². The fourth-order valence-electron chi connectivity index (χ4n) is 2.00. The highest BCUT2D eigenvalue weighted by atomic mass is 79.9. The van der Waals surface area contributed by atoms with Gasteiger partial charge in [-0.15, -0.1) is 0 Å². The first-order chi connectivity index (χ1) is 8.92. The molecule has 1 amide bonds. The number of nitrogens with one attached hydrogen (secondary N) is 1.